The Balaban J connectivity index is 1.21. The Labute approximate surface area is 206 Å². The molecule has 0 heterocycles. The maximum absolute atomic E-state index is 12.4. The van der Waals surface area contributed by atoms with Crippen molar-refractivity contribution in [1.29, 1.82) is 0 Å². The van der Waals surface area contributed by atoms with E-state index in [-0.39, 0.29) is 42.4 Å². The van der Waals surface area contributed by atoms with Gasteiger partial charge in [0.05, 0.1) is 5.92 Å². The number of fused-ring (bicyclic) bond motifs is 3. The van der Waals surface area contributed by atoms with Crippen molar-refractivity contribution < 1.29 is 24.2 Å². The maximum Gasteiger partial charge on any atom is 0.407 e. The fourth-order valence-corrected chi connectivity index (χ4v) is 5.11. The summed E-state index contributed by atoms with van der Waals surface area (Å²) in [6.45, 7) is 6.32. The molecule has 7 heteroatoms. The van der Waals surface area contributed by atoms with E-state index in [9.17, 15) is 19.5 Å². The minimum Gasteiger partial charge on any atom is -0.481 e. The second kappa shape index (κ2) is 10.1. The molecule has 3 N–H and O–H groups in total. The zero-order chi connectivity index (χ0) is 25.2. The topological polar surface area (TPSA) is 105 Å². The van der Waals surface area contributed by atoms with E-state index in [1.54, 1.807) is 0 Å². The first kappa shape index (κ1) is 24.8. The standard InChI is InChI=1S/C28H34N2O5/c1-28(2,3)14-18(26(32)33)15-29-25(31)17-12-19(13-17)30-27(34)35-16-24-22-10-6-4-8-20(22)21-9-5-7-11-23(21)24/h4-11,17-19,24H,12-16H2,1-3H3,(H,29,31)(H,30,34)(H,32,33). The van der Waals surface area contributed by atoms with Gasteiger partial charge in [-0.2, -0.15) is 0 Å². The highest BCUT2D eigenvalue weighted by Crippen LogP contribution is 2.44. The molecular weight excluding hydrogens is 444 g/mol. The molecule has 2 aliphatic carbocycles. The van der Waals surface area contributed by atoms with Crippen molar-refractivity contribution in [3.8, 4) is 11.1 Å². The molecule has 2 amide bonds. The molecule has 0 aliphatic heterocycles. The van der Waals surface area contributed by atoms with Gasteiger partial charge in [0.2, 0.25) is 5.91 Å². The lowest BCUT2D eigenvalue weighted by molar-refractivity contribution is -0.143. The number of carbonyl (C=O) groups excluding carboxylic acids is 2. The largest absolute Gasteiger partial charge is 0.481 e. The van der Waals surface area contributed by atoms with E-state index in [0.29, 0.717) is 19.3 Å². The fraction of sp³-hybridized carbons (Fsp3) is 0.464. The number of hydrogen-bond donors (Lipinski definition) is 3. The predicted octanol–water partition coefficient (Wildman–Crippen LogP) is 4.56. The van der Waals surface area contributed by atoms with Crippen molar-refractivity contribution in [2.45, 2.75) is 52.0 Å². The number of carboxylic acid groups (broad SMARTS) is 1. The lowest BCUT2D eigenvalue weighted by Gasteiger charge is -2.34. The number of aliphatic carboxylic acids is 1. The second-order valence-electron chi connectivity index (χ2n) is 10.9. The van der Waals surface area contributed by atoms with Gasteiger partial charge in [0, 0.05) is 24.4 Å². The number of hydrogen-bond acceptors (Lipinski definition) is 4. The van der Waals surface area contributed by atoms with Gasteiger partial charge in [0.25, 0.3) is 0 Å². The van der Waals surface area contributed by atoms with Gasteiger partial charge in [-0.1, -0.05) is 69.3 Å². The normalized spacial score (nSPS) is 19.6. The Hall–Kier alpha value is -3.35. The van der Waals surface area contributed by atoms with Crippen LogP contribution in [-0.4, -0.2) is 42.3 Å². The molecule has 0 bridgehead atoms. The summed E-state index contributed by atoms with van der Waals surface area (Å²) in [5.41, 5.74) is 4.54. The van der Waals surface area contributed by atoms with Crippen LogP contribution in [0.1, 0.15) is 57.1 Å². The van der Waals surface area contributed by atoms with Gasteiger partial charge >= 0.3 is 12.1 Å². The summed E-state index contributed by atoms with van der Waals surface area (Å²) >= 11 is 0. The SMILES string of the molecule is CC(C)(C)CC(CNC(=O)C1CC(NC(=O)OCC2c3ccccc3-c3ccccc32)C1)C(=O)O. The third-order valence-corrected chi connectivity index (χ3v) is 6.91. The lowest BCUT2D eigenvalue weighted by atomic mass is 9.79. The van der Waals surface area contributed by atoms with Gasteiger partial charge in [-0.05, 0) is 46.9 Å². The van der Waals surface area contributed by atoms with Crippen molar-refractivity contribution in [2.75, 3.05) is 13.2 Å². The smallest absolute Gasteiger partial charge is 0.407 e. The molecule has 4 rings (SSSR count). The van der Waals surface area contributed by atoms with Crippen molar-refractivity contribution in [3.63, 3.8) is 0 Å². The molecule has 1 unspecified atom stereocenters. The van der Waals surface area contributed by atoms with E-state index in [1.807, 2.05) is 45.0 Å². The van der Waals surface area contributed by atoms with Gasteiger partial charge in [-0.3, -0.25) is 9.59 Å². The summed E-state index contributed by atoms with van der Waals surface area (Å²) in [5.74, 6) is -1.89. The number of amides is 2. The Morgan fingerprint density at radius 2 is 1.57 bits per heavy atom. The number of carbonyl (C=O) groups is 3. The van der Waals surface area contributed by atoms with E-state index >= 15 is 0 Å². The monoisotopic (exact) mass is 478 g/mol. The average molecular weight is 479 g/mol. The van der Waals surface area contributed by atoms with Crippen LogP contribution < -0.4 is 10.6 Å². The van der Waals surface area contributed by atoms with Crippen LogP contribution in [-0.2, 0) is 14.3 Å². The predicted molar refractivity (Wildman–Crippen MR) is 133 cm³/mol. The molecule has 2 aromatic carbocycles. The van der Waals surface area contributed by atoms with E-state index in [0.717, 1.165) is 11.1 Å². The summed E-state index contributed by atoms with van der Waals surface area (Å²) in [6.07, 6.45) is 1.05. The third-order valence-electron chi connectivity index (χ3n) is 6.91. The van der Waals surface area contributed by atoms with Gasteiger partial charge in [0.15, 0.2) is 0 Å². The second-order valence-corrected chi connectivity index (χ2v) is 10.9. The third kappa shape index (κ3) is 5.84. The molecule has 1 fully saturated rings. The number of carboxylic acids is 1. The molecule has 1 atom stereocenters. The summed E-state index contributed by atoms with van der Waals surface area (Å²) in [6, 6.07) is 16.2. The highest BCUT2D eigenvalue weighted by molar-refractivity contribution is 5.81. The van der Waals surface area contributed by atoms with Crippen molar-refractivity contribution in [1.82, 2.24) is 10.6 Å². The summed E-state index contributed by atoms with van der Waals surface area (Å²) in [4.78, 5) is 36.4. The molecule has 0 saturated heterocycles. The van der Waals surface area contributed by atoms with Crippen molar-refractivity contribution in [3.05, 3.63) is 59.7 Å². The zero-order valence-electron chi connectivity index (χ0n) is 20.5. The molecule has 186 valence electrons. The Bertz CT molecular complexity index is 1060. The minimum atomic E-state index is -0.899. The van der Waals surface area contributed by atoms with Crippen LogP contribution in [0.5, 0.6) is 0 Å². The van der Waals surface area contributed by atoms with Gasteiger partial charge in [0.1, 0.15) is 6.61 Å². The molecule has 7 nitrogen and oxygen atoms in total. The van der Waals surface area contributed by atoms with Crippen LogP contribution >= 0.6 is 0 Å². The summed E-state index contributed by atoms with van der Waals surface area (Å²) in [5, 5.41) is 15.1. The number of ether oxygens (including phenoxy) is 1. The van der Waals surface area contributed by atoms with Crippen LogP contribution in [0.3, 0.4) is 0 Å². The quantitative estimate of drug-likeness (QED) is 0.516. The fourth-order valence-electron chi connectivity index (χ4n) is 5.11. The highest BCUT2D eigenvalue weighted by Gasteiger charge is 2.37. The molecule has 2 aliphatic rings. The first-order valence-corrected chi connectivity index (χ1v) is 12.2. The molecule has 2 aromatic rings. The minimum absolute atomic E-state index is 0.00310. The first-order chi connectivity index (χ1) is 16.6. The van der Waals surface area contributed by atoms with Crippen molar-refractivity contribution in [2.24, 2.45) is 17.3 Å². The highest BCUT2D eigenvalue weighted by atomic mass is 16.5. The van der Waals surface area contributed by atoms with Gasteiger partial charge in [-0.25, -0.2) is 4.79 Å². The molecular formula is C28H34N2O5. The molecule has 0 aromatic heterocycles. The summed E-state index contributed by atoms with van der Waals surface area (Å²) < 4.78 is 5.58. The van der Waals surface area contributed by atoms with Gasteiger partial charge in [-0.15, -0.1) is 0 Å². The number of alkyl carbamates (subject to hydrolysis) is 1. The molecule has 0 spiro atoms. The van der Waals surface area contributed by atoms with Crippen LogP contribution in [0.2, 0.25) is 0 Å². The molecule has 1 saturated carbocycles. The molecule has 0 radical (unpaired) electrons. The number of benzene rings is 2. The van der Waals surface area contributed by atoms with Gasteiger partial charge < -0.3 is 20.5 Å². The van der Waals surface area contributed by atoms with Crippen LogP contribution in [0.15, 0.2) is 48.5 Å². The Kier molecular flexibility index (Phi) is 7.15. The van der Waals surface area contributed by atoms with Crippen LogP contribution in [0.25, 0.3) is 11.1 Å². The summed E-state index contributed by atoms with van der Waals surface area (Å²) in [7, 11) is 0. The van der Waals surface area contributed by atoms with Crippen molar-refractivity contribution >= 4 is 18.0 Å². The number of nitrogens with one attached hydrogen (secondary N) is 2. The van der Waals surface area contributed by atoms with Crippen LogP contribution in [0.4, 0.5) is 4.79 Å². The van der Waals surface area contributed by atoms with E-state index in [1.165, 1.54) is 11.1 Å². The number of rotatable bonds is 8. The van der Waals surface area contributed by atoms with E-state index in [4.69, 9.17) is 4.74 Å². The van der Waals surface area contributed by atoms with E-state index < -0.39 is 18.0 Å². The Morgan fingerprint density at radius 1 is 1.00 bits per heavy atom. The Morgan fingerprint density at radius 3 is 2.11 bits per heavy atom. The maximum atomic E-state index is 12.4. The molecule has 35 heavy (non-hydrogen) atoms. The average Bonchev–Trinajstić information content (AvgIpc) is 3.10. The lowest BCUT2D eigenvalue weighted by Crippen LogP contribution is -2.50. The zero-order valence-corrected chi connectivity index (χ0v) is 20.5. The van der Waals surface area contributed by atoms with Crippen LogP contribution in [0, 0.1) is 17.3 Å². The first-order valence-electron chi connectivity index (χ1n) is 12.2. The van der Waals surface area contributed by atoms with E-state index in [2.05, 4.69) is 34.9 Å².